The summed E-state index contributed by atoms with van der Waals surface area (Å²) in [4.78, 5) is 59.8. The lowest BCUT2D eigenvalue weighted by Crippen LogP contribution is -2.40. The van der Waals surface area contributed by atoms with Crippen LogP contribution in [-0.4, -0.2) is 28.9 Å². The molecule has 3 unspecified atom stereocenters. The molecule has 0 aromatic carbocycles. The molecule has 0 N–H and O–H groups in total. The van der Waals surface area contributed by atoms with Gasteiger partial charge in [0.05, 0.1) is 0 Å². The van der Waals surface area contributed by atoms with Crippen molar-refractivity contribution in [1.82, 2.24) is 0 Å². The van der Waals surface area contributed by atoms with Crippen LogP contribution in [-0.2, 0) is 24.0 Å². The Morgan fingerprint density at radius 2 is 1.69 bits per heavy atom. The lowest BCUT2D eigenvalue weighted by Gasteiger charge is -2.41. The molecule has 2 aliphatic rings. The zero-order valence-corrected chi connectivity index (χ0v) is 16.0. The van der Waals surface area contributed by atoms with E-state index < -0.39 is 17.0 Å². The van der Waals surface area contributed by atoms with Gasteiger partial charge in [-0.05, 0) is 44.4 Å². The fourth-order valence-corrected chi connectivity index (χ4v) is 4.50. The summed E-state index contributed by atoms with van der Waals surface area (Å²) in [5.74, 6) is -0.453. The van der Waals surface area contributed by atoms with E-state index >= 15 is 0 Å². The molecular formula is C21H30O5. The van der Waals surface area contributed by atoms with E-state index in [1.165, 1.54) is 6.92 Å². The predicted molar refractivity (Wildman–Crippen MR) is 96.6 cm³/mol. The summed E-state index contributed by atoms with van der Waals surface area (Å²) < 4.78 is 0. The fraction of sp³-hybridized carbons (Fsp3) is 0.762. The van der Waals surface area contributed by atoms with Crippen LogP contribution in [0.15, 0.2) is 0 Å². The molecule has 0 aromatic heterocycles. The maximum absolute atomic E-state index is 12.7. The monoisotopic (exact) mass is 362 g/mol. The molecule has 0 aromatic rings. The highest BCUT2D eigenvalue weighted by molar-refractivity contribution is 6.36. The largest absolute Gasteiger partial charge is 0.300 e. The molecule has 3 atom stereocenters. The van der Waals surface area contributed by atoms with E-state index in [-0.39, 0.29) is 42.0 Å². The van der Waals surface area contributed by atoms with Gasteiger partial charge >= 0.3 is 0 Å². The Bertz CT molecular complexity index is 606. The summed E-state index contributed by atoms with van der Waals surface area (Å²) in [6.45, 7) is 3.14. The lowest BCUT2D eigenvalue weighted by molar-refractivity contribution is -0.139. The van der Waals surface area contributed by atoms with Gasteiger partial charge in [-0.2, -0.15) is 0 Å². The second-order valence-corrected chi connectivity index (χ2v) is 8.32. The van der Waals surface area contributed by atoms with Gasteiger partial charge < -0.3 is 0 Å². The van der Waals surface area contributed by atoms with Crippen LogP contribution in [0.2, 0.25) is 0 Å². The van der Waals surface area contributed by atoms with Crippen molar-refractivity contribution in [3.8, 4) is 0 Å². The predicted octanol–water partition coefficient (Wildman–Crippen LogP) is 3.41. The van der Waals surface area contributed by atoms with Crippen molar-refractivity contribution in [2.75, 3.05) is 0 Å². The molecule has 5 heteroatoms. The first-order valence-corrected chi connectivity index (χ1v) is 9.84. The summed E-state index contributed by atoms with van der Waals surface area (Å²) in [5.41, 5.74) is -0.564. The summed E-state index contributed by atoms with van der Waals surface area (Å²) >= 11 is 0. The highest BCUT2D eigenvalue weighted by atomic mass is 16.2. The molecule has 2 aliphatic carbocycles. The third-order valence-corrected chi connectivity index (χ3v) is 6.27. The maximum Gasteiger partial charge on any atom is 0.198 e. The van der Waals surface area contributed by atoms with Gasteiger partial charge in [0.1, 0.15) is 17.3 Å². The third kappa shape index (κ3) is 5.18. The first-order valence-electron chi connectivity index (χ1n) is 9.84. The zero-order valence-electron chi connectivity index (χ0n) is 16.0. The molecular weight excluding hydrogens is 332 g/mol. The normalized spacial score (nSPS) is 30.4. The topological polar surface area (TPSA) is 85.3 Å². The number of fused-ring (bicyclic) bond motifs is 1. The lowest BCUT2D eigenvalue weighted by atomic mass is 9.61. The first-order chi connectivity index (χ1) is 12.2. The minimum Gasteiger partial charge on any atom is -0.300 e. The van der Waals surface area contributed by atoms with Crippen LogP contribution in [0.4, 0.5) is 0 Å². The molecule has 0 aliphatic heterocycles. The number of hydrogen-bond acceptors (Lipinski definition) is 5. The van der Waals surface area contributed by atoms with Crippen molar-refractivity contribution in [2.24, 2.45) is 17.3 Å². The number of ketones is 5. The number of Topliss-reactive ketones (excluding diaryl/α,β-unsaturated/α-hetero) is 5. The van der Waals surface area contributed by atoms with Gasteiger partial charge in [0, 0.05) is 50.4 Å². The molecule has 0 spiro atoms. The Labute approximate surface area is 155 Å². The van der Waals surface area contributed by atoms with Crippen molar-refractivity contribution in [2.45, 2.75) is 84.5 Å². The average Bonchev–Trinajstić information content (AvgIpc) is 2.60. The van der Waals surface area contributed by atoms with E-state index in [0.717, 1.165) is 12.8 Å². The third-order valence-electron chi connectivity index (χ3n) is 6.27. The van der Waals surface area contributed by atoms with Gasteiger partial charge in [-0.15, -0.1) is 0 Å². The molecule has 0 saturated heterocycles. The summed E-state index contributed by atoms with van der Waals surface area (Å²) in [5, 5.41) is 0. The van der Waals surface area contributed by atoms with E-state index in [4.69, 9.17) is 0 Å². The second-order valence-electron chi connectivity index (χ2n) is 8.32. The van der Waals surface area contributed by atoms with Crippen LogP contribution in [0.3, 0.4) is 0 Å². The van der Waals surface area contributed by atoms with Gasteiger partial charge in [0.25, 0.3) is 0 Å². The van der Waals surface area contributed by atoms with E-state index in [2.05, 4.69) is 0 Å². The number of carbonyl (C=O) groups excluding carboxylic acids is 5. The van der Waals surface area contributed by atoms with Crippen LogP contribution in [0.25, 0.3) is 0 Å². The molecule has 2 fully saturated rings. The first kappa shape index (κ1) is 20.7. The van der Waals surface area contributed by atoms with Crippen molar-refractivity contribution in [3.63, 3.8) is 0 Å². The van der Waals surface area contributed by atoms with Gasteiger partial charge in [-0.25, -0.2) is 0 Å². The smallest absolute Gasteiger partial charge is 0.198 e. The van der Waals surface area contributed by atoms with Gasteiger partial charge in [-0.1, -0.05) is 6.92 Å². The molecule has 0 bridgehead atoms. The van der Waals surface area contributed by atoms with Crippen molar-refractivity contribution in [1.29, 1.82) is 0 Å². The SMILES string of the molecule is CC(=O)C(=O)CCC(=O)C1(C)CCC2C(=O)CCCCC(=O)CCC2C1. The fourth-order valence-electron chi connectivity index (χ4n) is 4.50. The van der Waals surface area contributed by atoms with E-state index in [0.29, 0.717) is 44.9 Å². The maximum atomic E-state index is 12.7. The van der Waals surface area contributed by atoms with Crippen LogP contribution in [0.1, 0.15) is 84.5 Å². The Morgan fingerprint density at radius 1 is 1.00 bits per heavy atom. The Balaban J connectivity index is 2.05. The highest BCUT2D eigenvalue weighted by Crippen LogP contribution is 2.46. The average molecular weight is 362 g/mol. The van der Waals surface area contributed by atoms with Crippen molar-refractivity contribution >= 4 is 28.9 Å². The van der Waals surface area contributed by atoms with Crippen LogP contribution in [0.5, 0.6) is 0 Å². The van der Waals surface area contributed by atoms with E-state index in [1.807, 2.05) is 6.92 Å². The summed E-state index contributed by atoms with van der Waals surface area (Å²) in [6.07, 6.45) is 5.78. The standard InChI is InChI=1S/C21H30O5/c1-14(22)18(24)9-10-20(26)21(2)12-11-17-15(13-21)7-8-16(23)5-3-4-6-19(17)25/h15,17H,3-13H2,1-2H3. The second kappa shape index (κ2) is 8.83. The Kier molecular flexibility index (Phi) is 7.01. The van der Waals surface area contributed by atoms with Gasteiger partial charge in [0.2, 0.25) is 0 Å². The van der Waals surface area contributed by atoms with Crippen LogP contribution < -0.4 is 0 Å². The minimum atomic E-state index is -0.564. The number of hydrogen-bond donors (Lipinski definition) is 0. The summed E-state index contributed by atoms with van der Waals surface area (Å²) in [7, 11) is 0. The molecule has 2 rings (SSSR count). The quantitative estimate of drug-likeness (QED) is 0.700. The number of rotatable bonds is 5. The summed E-state index contributed by atoms with van der Waals surface area (Å²) in [6, 6.07) is 0. The Morgan fingerprint density at radius 3 is 2.38 bits per heavy atom. The molecule has 144 valence electrons. The number of carbonyl (C=O) groups is 5. The molecule has 5 nitrogen and oxygen atoms in total. The van der Waals surface area contributed by atoms with Crippen LogP contribution in [0, 0.1) is 17.3 Å². The van der Waals surface area contributed by atoms with E-state index in [1.54, 1.807) is 0 Å². The van der Waals surface area contributed by atoms with Gasteiger partial charge in [-0.3, -0.25) is 24.0 Å². The zero-order chi connectivity index (χ0) is 19.3. The molecule has 0 heterocycles. The minimum absolute atomic E-state index is 0.00131. The van der Waals surface area contributed by atoms with Crippen molar-refractivity contribution in [3.05, 3.63) is 0 Å². The molecule has 2 saturated carbocycles. The van der Waals surface area contributed by atoms with Gasteiger partial charge in [0.15, 0.2) is 11.6 Å². The van der Waals surface area contributed by atoms with Crippen LogP contribution >= 0.6 is 0 Å². The van der Waals surface area contributed by atoms with E-state index in [9.17, 15) is 24.0 Å². The molecule has 0 amide bonds. The van der Waals surface area contributed by atoms with Crippen molar-refractivity contribution < 1.29 is 24.0 Å². The molecule has 0 radical (unpaired) electrons. The highest BCUT2D eigenvalue weighted by Gasteiger charge is 2.44. The molecule has 26 heavy (non-hydrogen) atoms. The Hall–Kier alpha value is -1.65.